The van der Waals surface area contributed by atoms with Crippen LogP contribution in [0, 0.1) is 11.8 Å². The maximum absolute atomic E-state index is 5.30. The SMILES string of the molecule is CC#CCC(Cc1ccc(OC)c(OC)c1)NC. The van der Waals surface area contributed by atoms with Gasteiger partial charge >= 0.3 is 0 Å². The van der Waals surface area contributed by atoms with Crippen LogP contribution in [-0.4, -0.2) is 27.3 Å². The van der Waals surface area contributed by atoms with Gasteiger partial charge in [-0.15, -0.1) is 11.8 Å². The molecular weight excluding hydrogens is 226 g/mol. The van der Waals surface area contributed by atoms with Gasteiger partial charge in [-0.05, 0) is 38.1 Å². The summed E-state index contributed by atoms with van der Waals surface area (Å²) in [6.07, 6.45) is 1.77. The van der Waals surface area contributed by atoms with Crippen molar-refractivity contribution in [3.63, 3.8) is 0 Å². The van der Waals surface area contributed by atoms with Crippen molar-refractivity contribution in [2.24, 2.45) is 0 Å². The second-order valence-electron chi connectivity index (χ2n) is 4.01. The van der Waals surface area contributed by atoms with Gasteiger partial charge in [0.1, 0.15) is 0 Å². The molecule has 1 aromatic carbocycles. The summed E-state index contributed by atoms with van der Waals surface area (Å²) in [6, 6.07) is 6.37. The molecule has 1 atom stereocenters. The lowest BCUT2D eigenvalue weighted by atomic mass is 10.0. The Bertz CT molecular complexity index is 432. The van der Waals surface area contributed by atoms with E-state index < -0.39 is 0 Å². The van der Waals surface area contributed by atoms with Gasteiger partial charge in [0, 0.05) is 12.5 Å². The van der Waals surface area contributed by atoms with Crippen molar-refractivity contribution >= 4 is 0 Å². The third-order valence-corrected chi connectivity index (χ3v) is 2.86. The summed E-state index contributed by atoms with van der Waals surface area (Å²) in [6.45, 7) is 1.86. The molecule has 0 heterocycles. The van der Waals surface area contributed by atoms with Gasteiger partial charge in [0.2, 0.25) is 0 Å². The van der Waals surface area contributed by atoms with Crippen LogP contribution in [0.15, 0.2) is 18.2 Å². The molecule has 0 amide bonds. The van der Waals surface area contributed by atoms with Crippen molar-refractivity contribution in [3.8, 4) is 23.3 Å². The summed E-state index contributed by atoms with van der Waals surface area (Å²) in [5, 5.41) is 3.28. The third-order valence-electron chi connectivity index (χ3n) is 2.86. The Morgan fingerprint density at radius 1 is 1.22 bits per heavy atom. The first-order chi connectivity index (χ1) is 8.74. The number of hydrogen-bond acceptors (Lipinski definition) is 3. The minimum absolute atomic E-state index is 0.357. The quantitative estimate of drug-likeness (QED) is 0.782. The molecule has 98 valence electrons. The summed E-state index contributed by atoms with van der Waals surface area (Å²) in [5.74, 6) is 7.56. The molecule has 0 saturated heterocycles. The van der Waals surface area contributed by atoms with Crippen molar-refractivity contribution < 1.29 is 9.47 Å². The molecule has 0 aromatic heterocycles. The molecule has 0 aliphatic rings. The molecular formula is C15H21NO2. The molecule has 1 N–H and O–H groups in total. The van der Waals surface area contributed by atoms with Crippen LogP contribution >= 0.6 is 0 Å². The van der Waals surface area contributed by atoms with Crippen LogP contribution in [0.1, 0.15) is 18.9 Å². The Hall–Kier alpha value is -1.66. The molecule has 0 saturated carbocycles. The van der Waals surface area contributed by atoms with Crippen LogP contribution in [0.2, 0.25) is 0 Å². The minimum atomic E-state index is 0.357. The lowest BCUT2D eigenvalue weighted by molar-refractivity contribution is 0.354. The van der Waals surface area contributed by atoms with E-state index in [1.807, 2.05) is 26.1 Å². The molecule has 1 aromatic rings. The molecule has 3 nitrogen and oxygen atoms in total. The molecule has 0 bridgehead atoms. The fraction of sp³-hybridized carbons (Fsp3) is 0.467. The number of benzene rings is 1. The predicted molar refractivity (Wildman–Crippen MR) is 74.2 cm³/mol. The first-order valence-electron chi connectivity index (χ1n) is 6.03. The Labute approximate surface area is 109 Å². The van der Waals surface area contributed by atoms with Crippen molar-refractivity contribution in [1.82, 2.24) is 5.32 Å². The Morgan fingerprint density at radius 3 is 2.50 bits per heavy atom. The normalized spacial score (nSPS) is 11.3. The Morgan fingerprint density at radius 2 is 1.94 bits per heavy atom. The van der Waals surface area contributed by atoms with Crippen LogP contribution in [0.4, 0.5) is 0 Å². The smallest absolute Gasteiger partial charge is 0.160 e. The fourth-order valence-corrected chi connectivity index (χ4v) is 1.79. The topological polar surface area (TPSA) is 30.5 Å². The van der Waals surface area contributed by atoms with E-state index in [4.69, 9.17) is 9.47 Å². The average Bonchev–Trinajstić information content (AvgIpc) is 2.43. The van der Waals surface area contributed by atoms with Gasteiger partial charge in [0.25, 0.3) is 0 Å². The zero-order valence-electron chi connectivity index (χ0n) is 11.5. The maximum atomic E-state index is 5.30. The maximum Gasteiger partial charge on any atom is 0.160 e. The summed E-state index contributed by atoms with van der Waals surface area (Å²) in [7, 11) is 5.26. The van der Waals surface area contributed by atoms with Gasteiger partial charge in [0.15, 0.2) is 11.5 Å². The van der Waals surface area contributed by atoms with Gasteiger partial charge in [0.05, 0.1) is 14.2 Å². The highest BCUT2D eigenvalue weighted by molar-refractivity contribution is 5.43. The van der Waals surface area contributed by atoms with Crippen molar-refractivity contribution in [1.29, 1.82) is 0 Å². The molecule has 0 fully saturated rings. The van der Waals surface area contributed by atoms with Crippen LogP contribution in [-0.2, 0) is 6.42 Å². The highest BCUT2D eigenvalue weighted by atomic mass is 16.5. The first kappa shape index (κ1) is 14.4. The number of rotatable bonds is 6. The standard InChI is InChI=1S/C15H21NO2/c1-5-6-7-13(16-2)10-12-8-9-14(17-3)15(11-12)18-4/h8-9,11,13,16H,7,10H2,1-4H3. The van der Waals surface area contributed by atoms with Crippen LogP contribution < -0.4 is 14.8 Å². The predicted octanol–water partition coefficient (Wildman–Crippen LogP) is 2.25. The molecule has 0 spiro atoms. The number of likely N-dealkylation sites (N-methyl/N-ethyl adjacent to an activating group) is 1. The zero-order chi connectivity index (χ0) is 13.4. The molecule has 0 radical (unpaired) electrons. The van der Waals surface area contributed by atoms with Crippen molar-refractivity contribution in [2.75, 3.05) is 21.3 Å². The van der Waals surface area contributed by atoms with Gasteiger partial charge in [-0.25, -0.2) is 0 Å². The number of nitrogens with one attached hydrogen (secondary N) is 1. The van der Waals surface area contributed by atoms with E-state index in [1.165, 1.54) is 5.56 Å². The van der Waals surface area contributed by atoms with Crippen LogP contribution in [0.3, 0.4) is 0 Å². The van der Waals surface area contributed by atoms with Crippen LogP contribution in [0.25, 0.3) is 0 Å². The summed E-state index contributed by atoms with van der Waals surface area (Å²) in [5.41, 5.74) is 1.21. The molecule has 1 rings (SSSR count). The average molecular weight is 247 g/mol. The zero-order valence-corrected chi connectivity index (χ0v) is 11.5. The van der Waals surface area contributed by atoms with Crippen molar-refractivity contribution in [2.45, 2.75) is 25.8 Å². The second kappa shape index (κ2) is 7.62. The van der Waals surface area contributed by atoms with E-state index >= 15 is 0 Å². The van der Waals surface area contributed by atoms with E-state index in [-0.39, 0.29) is 0 Å². The van der Waals surface area contributed by atoms with Crippen molar-refractivity contribution in [3.05, 3.63) is 23.8 Å². The van der Waals surface area contributed by atoms with Crippen LogP contribution in [0.5, 0.6) is 11.5 Å². The second-order valence-corrected chi connectivity index (χ2v) is 4.01. The molecule has 18 heavy (non-hydrogen) atoms. The van der Waals surface area contributed by atoms with Gasteiger partial charge in [-0.1, -0.05) is 6.07 Å². The number of methoxy groups -OCH3 is 2. The minimum Gasteiger partial charge on any atom is -0.493 e. The summed E-state index contributed by atoms with van der Waals surface area (Å²) < 4.78 is 10.5. The number of hydrogen-bond donors (Lipinski definition) is 1. The summed E-state index contributed by atoms with van der Waals surface area (Å²) in [4.78, 5) is 0. The van der Waals surface area contributed by atoms with E-state index in [0.717, 1.165) is 24.3 Å². The third kappa shape index (κ3) is 3.97. The van der Waals surface area contributed by atoms with Gasteiger partial charge in [-0.2, -0.15) is 0 Å². The van der Waals surface area contributed by atoms with E-state index in [0.29, 0.717) is 6.04 Å². The first-order valence-corrected chi connectivity index (χ1v) is 6.03. The molecule has 3 heteroatoms. The lowest BCUT2D eigenvalue weighted by Crippen LogP contribution is -2.27. The Balaban J connectivity index is 2.79. The van der Waals surface area contributed by atoms with Gasteiger partial charge < -0.3 is 14.8 Å². The largest absolute Gasteiger partial charge is 0.493 e. The monoisotopic (exact) mass is 247 g/mol. The Kier molecular flexibility index (Phi) is 6.10. The fourth-order valence-electron chi connectivity index (χ4n) is 1.79. The molecule has 1 unspecified atom stereocenters. The van der Waals surface area contributed by atoms with Gasteiger partial charge in [-0.3, -0.25) is 0 Å². The molecule has 0 aliphatic carbocycles. The van der Waals surface area contributed by atoms with E-state index in [1.54, 1.807) is 14.2 Å². The number of ether oxygens (including phenoxy) is 2. The highest BCUT2D eigenvalue weighted by Gasteiger charge is 2.09. The van der Waals surface area contributed by atoms with E-state index in [9.17, 15) is 0 Å². The highest BCUT2D eigenvalue weighted by Crippen LogP contribution is 2.28. The summed E-state index contributed by atoms with van der Waals surface area (Å²) >= 11 is 0. The van der Waals surface area contributed by atoms with E-state index in [2.05, 4.69) is 23.2 Å². The molecule has 0 aliphatic heterocycles. The lowest BCUT2D eigenvalue weighted by Gasteiger charge is -2.15.